The average Bonchev–Trinajstić information content (AvgIpc) is 3.14. The summed E-state index contributed by atoms with van der Waals surface area (Å²) in [5.74, 6) is 0.578. The molecule has 21 heavy (non-hydrogen) atoms. The third kappa shape index (κ3) is 2.16. The van der Waals surface area contributed by atoms with E-state index in [1.54, 1.807) is 6.21 Å². The molecule has 104 valence electrons. The molecule has 4 rings (SSSR count). The molecule has 4 aromatic rings. The number of aromatic amines is 1. The zero-order valence-electron chi connectivity index (χ0n) is 10.6. The summed E-state index contributed by atoms with van der Waals surface area (Å²) in [5, 5.41) is 6.54. The number of anilines is 1. The lowest BCUT2D eigenvalue weighted by molar-refractivity contribution is 1.19. The Balaban J connectivity index is 1.61. The average molecular weight is 317 g/mol. The summed E-state index contributed by atoms with van der Waals surface area (Å²) in [6.45, 7) is 0. The number of halogens is 1. The van der Waals surface area contributed by atoms with Gasteiger partial charge in [0.05, 0.1) is 17.2 Å². The van der Waals surface area contributed by atoms with Gasteiger partial charge in [-0.2, -0.15) is 5.10 Å². The number of thiazole rings is 1. The molecule has 0 unspecified atom stereocenters. The van der Waals surface area contributed by atoms with Crippen LogP contribution in [0.3, 0.4) is 0 Å². The largest absolute Gasteiger partial charge is 0.323 e. The van der Waals surface area contributed by atoms with Gasteiger partial charge in [-0.15, -0.1) is 11.3 Å². The van der Waals surface area contributed by atoms with Crippen LogP contribution in [-0.2, 0) is 0 Å². The first kappa shape index (κ1) is 12.4. The molecule has 0 aliphatic carbocycles. The number of hydrazone groups is 1. The molecule has 0 atom stereocenters. The van der Waals surface area contributed by atoms with E-state index in [1.807, 2.05) is 40.2 Å². The molecule has 0 saturated carbocycles. The zero-order chi connectivity index (χ0) is 14.2. The minimum Gasteiger partial charge on any atom is -0.323 e. The van der Waals surface area contributed by atoms with Crippen molar-refractivity contribution in [2.24, 2.45) is 5.10 Å². The van der Waals surface area contributed by atoms with Gasteiger partial charge >= 0.3 is 0 Å². The first-order valence-electron chi connectivity index (χ1n) is 6.16. The van der Waals surface area contributed by atoms with Crippen molar-refractivity contribution in [2.75, 3.05) is 5.43 Å². The van der Waals surface area contributed by atoms with Crippen LogP contribution in [-0.4, -0.2) is 25.6 Å². The van der Waals surface area contributed by atoms with Crippen LogP contribution in [0.2, 0.25) is 5.15 Å². The number of rotatable bonds is 3. The first-order valence-corrected chi connectivity index (χ1v) is 7.42. The molecule has 6 nitrogen and oxygen atoms in total. The second-order valence-corrected chi connectivity index (χ2v) is 5.55. The molecule has 3 aromatic heterocycles. The Labute approximate surface area is 128 Å². The number of H-pyrrole nitrogens is 1. The normalized spacial score (nSPS) is 11.9. The topological polar surface area (TPSA) is 70.4 Å². The predicted octanol–water partition coefficient (Wildman–Crippen LogP) is 3.37. The summed E-state index contributed by atoms with van der Waals surface area (Å²) in [6, 6.07) is 7.78. The number of imidazole rings is 2. The van der Waals surface area contributed by atoms with Crippen molar-refractivity contribution < 1.29 is 0 Å². The number of nitrogens with one attached hydrogen (secondary N) is 2. The summed E-state index contributed by atoms with van der Waals surface area (Å²) >= 11 is 7.61. The first-order chi connectivity index (χ1) is 10.3. The zero-order valence-corrected chi connectivity index (χ0v) is 12.2. The molecule has 8 heteroatoms. The molecule has 3 heterocycles. The highest BCUT2D eigenvalue weighted by atomic mass is 35.5. The molecule has 0 radical (unpaired) electrons. The van der Waals surface area contributed by atoms with Crippen molar-refractivity contribution in [1.82, 2.24) is 19.4 Å². The molecule has 0 bridgehead atoms. The lowest BCUT2D eigenvalue weighted by atomic mass is 10.3. The number of nitrogens with zero attached hydrogens (tertiary/aromatic N) is 4. The maximum atomic E-state index is 6.09. The van der Waals surface area contributed by atoms with Gasteiger partial charge in [-0.25, -0.2) is 15.4 Å². The molecule has 1 aromatic carbocycles. The minimum atomic E-state index is 0.428. The number of fused-ring (bicyclic) bond motifs is 2. The summed E-state index contributed by atoms with van der Waals surface area (Å²) < 4.78 is 1.89. The highest BCUT2D eigenvalue weighted by Crippen LogP contribution is 2.19. The van der Waals surface area contributed by atoms with Crippen molar-refractivity contribution >= 4 is 51.1 Å². The van der Waals surface area contributed by atoms with Gasteiger partial charge in [0.2, 0.25) is 5.95 Å². The van der Waals surface area contributed by atoms with E-state index in [1.165, 1.54) is 11.3 Å². The summed E-state index contributed by atoms with van der Waals surface area (Å²) in [6.07, 6.45) is 3.53. The van der Waals surface area contributed by atoms with Gasteiger partial charge < -0.3 is 4.98 Å². The van der Waals surface area contributed by atoms with E-state index >= 15 is 0 Å². The lowest BCUT2D eigenvalue weighted by Crippen LogP contribution is -1.94. The molecule has 0 aliphatic rings. The van der Waals surface area contributed by atoms with Crippen LogP contribution in [0.5, 0.6) is 0 Å². The molecule has 0 saturated heterocycles. The number of para-hydroxylation sites is 2. The molecular weight excluding hydrogens is 308 g/mol. The monoisotopic (exact) mass is 316 g/mol. The Hall–Kier alpha value is -2.38. The fourth-order valence-electron chi connectivity index (χ4n) is 2.05. The van der Waals surface area contributed by atoms with E-state index in [4.69, 9.17) is 11.6 Å². The maximum absolute atomic E-state index is 6.09. The van der Waals surface area contributed by atoms with E-state index in [2.05, 4.69) is 25.5 Å². The highest BCUT2D eigenvalue weighted by Gasteiger charge is 2.08. The van der Waals surface area contributed by atoms with Crippen molar-refractivity contribution in [3.8, 4) is 0 Å². The highest BCUT2D eigenvalue weighted by molar-refractivity contribution is 7.15. The minimum absolute atomic E-state index is 0.428. The smallest absolute Gasteiger partial charge is 0.222 e. The standard InChI is InChI=1S/C13H9ClN6S/c14-11-10(20-5-6-21-13(20)18-11)7-15-19-12-16-8-3-1-2-4-9(8)17-12/h1-7H,(H2,16,17,19)/b15-7-. The van der Waals surface area contributed by atoms with Gasteiger partial charge in [-0.05, 0) is 12.1 Å². The van der Waals surface area contributed by atoms with E-state index in [0.717, 1.165) is 21.7 Å². The quantitative estimate of drug-likeness (QED) is 0.449. The number of aromatic nitrogens is 4. The molecule has 0 fully saturated rings. The van der Waals surface area contributed by atoms with Crippen molar-refractivity contribution in [1.29, 1.82) is 0 Å². The number of benzene rings is 1. The van der Waals surface area contributed by atoms with Gasteiger partial charge in [0, 0.05) is 11.6 Å². The lowest BCUT2D eigenvalue weighted by Gasteiger charge is -1.94. The molecule has 2 N–H and O–H groups in total. The van der Waals surface area contributed by atoms with Crippen LogP contribution in [0.15, 0.2) is 40.9 Å². The Morgan fingerprint density at radius 3 is 3.14 bits per heavy atom. The Kier molecular flexibility index (Phi) is 2.87. The van der Waals surface area contributed by atoms with Crippen molar-refractivity contribution in [3.63, 3.8) is 0 Å². The second-order valence-electron chi connectivity index (χ2n) is 4.32. The summed E-state index contributed by atoms with van der Waals surface area (Å²) in [4.78, 5) is 12.6. The van der Waals surface area contributed by atoms with Crippen LogP contribution in [0, 0.1) is 0 Å². The third-order valence-corrected chi connectivity index (χ3v) is 4.04. The third-order valence-electron chi connectivity index (χ3n) is 3.00. The fraction of sp³-hybridized carbons (Fsp3) is 0. The van der Waals surface area contributed by atoms with Gasteiger partial charge in [-0.3, -0.25) is 4.40 Å². The van der Waals surface area contributed by atoms with Gasteiger partial charge in [0.25, 0.3) is 0 Å². The van der Waals surface area contributed by atoms with Gasteiger partial charge in [0.1, 0.15) is 5.69 Å². The van der Waals surface area contributed by atoms with Crippen LogP contribution in [0.4, 0.5) is 5.95 Å². The maximum Gasteiger partial charge on any atom is 0.222 e. The predicted molar refractivity (Wildman–Crippen MR) is 85.4 cm³/mol. The van der Waals surface area contributed by atoms with E-state index in [-0.39, 0.29) is 0 Å². The van der Waals surface area contributed by atoms with Crippen LogP contribution in [0.25, 0.3) is 16.0 Å². The fourth-order valence-corrected chi connectivity index (χ4v) is 3.04. The SMILES string of the molecule is Clc1nc2sccn2c1/C=N\Nc1nc2ccccc2[nH]1. The molecule has 0 amide bonds. The molecule has 0 aliphatic heterocycles. The summed E-state index contributed by atoms with van der Waals surface area (Å²) in [7, 11) is 0. The Bertz CT molecular complexity index is 917. The van der Waals surface area contributed by atoms with Crippen LogP contribution in [0.1, 0.15) is 5.69 Å². The number of hydrogen-bond donors (Lipinski definition) is 2. The number of hydrogen-bond acceptors (Lipinski definition) is 5. The Morgan fingerprint density at radius 1 is 1.33 bits per heavy atom. The van der Waals surface area contributed by atoms with Gasteiger partial charge in [0.15, 0.2) is 10.1 Å². The molecular formula is C13H9ClN6S. The van der Waals surface area contributed by atoms with Crippen molar-refractivity contribution in [2.45, 2.75) is 0 Å². The Morgan fingerprint density at radius 2 is 2.24 bits per heavy atom. The van der Waals surface area contributed by atoms with Gasteiger partial charge in [-0.1, -0.05) is 23.7 Å². The second kappa shape index (κ2) is 4.87. The summed E-state index contributed by atoms with van der Waals surface area (Å²) in [5.41, 5.74) is 5.44. The van der Waals surface area contributed by atoms with Crippen LogP contribution < -0.4 is 5.43 Å². The van der Waals surface area contributed by atoms with E-state index < -0.39 is 0 Å². The van der Waals surface area contributed by atoms with E-state index in [0.29, 0.717) is 11.1 Å². The van der Waals surface area contributed by atoms with Crippen LogP contribution >= 0.6 is 22.9 Å². The van der Waals surface area contributed by atoms with Crippen molar-refractivity contribution in [3.05, 3.63) is 46.7 Å². The molecule has 0 spiro atoms. The van der Waals surface area contributed by atoms with E-state index in [9.17, 15) is 0 Å².